The first-order valence-electron chi connectivity index (χ1n) is 6.61. The lowest BCUT2D eigenvalue weighted by atomic mass is 10.0. The van der Waals surface area contributed by atoms with E-state index in [2.05, 4.69) is 10.3 Å². The van der Waals surface area contributed by atoms with Gasteiger partial charge in [0.25, 0.3) is 5.91 Å². The summed E-state index contributed by atoms with van der Waals surface area (Å²) >= 11 is 5.96. The molecule has 102 valence electrons. The predicted octanol–water partition coefficient (Wildman–Crippen LogP) is 4.31. The topological polar surface area (TPSA) is 44.9 Å². The van der Waals surface area contributed by atoms with Gasteiger partial charge in [-0.1, -0.05) is 35.9 Å². The van der Waals surface area contributed by atoms with Crippen LogP contribution in [0.3, 0.4) is 0 Å². The van der Waals surface area contributed by atoms with Gasteiger partial charge in [-0.25, -0.2) is 0 Å². The van der Waals surface area contributed by atoms with Crippen LogP contribution in [0.1, 0.15) is 11.1 Å². The summed E-state index contributed by atoms with van der Waals surface area (Å²) < 4.78 is 0. The summed E-state index contributed by atoms with van der Waals surface area (Å²) in [4.78, 5) is 15.4. The van der Waals surface area contributed by atoms with Gasteiger partial charge in [0.15, 0.2) is 0 Å². The van der Waals surface area contributed by atoms with Gasteiger partial charge in [-0.2, -0.15) is 0 Å². The van der Waals surface area contributed by atoms with E-state index in [4.69, 9.17) is 11.6 Å². The maximum atomic E-state index is 12.2. The van der Waals surface area contributed by atoms with Gasteiger partial charge in [0.1, 0.15) is 0 Å². The standard InChI is InChI=1S/C17H11ClN2O/c18-11-5-6-13-14(17(21)20-16(13)8-11)7-10-9-19-15-4-2-1-3-12(10)15/h1-9,19H,(H,20,21)/b14-7+. The average Bonchev–Trinajstić information content (AvgIpc) is 3.01. The van der Waals surface area contributed by atoms with Crippen molar-refractivity contribution in [1.29, 1.82) is 0 Å². The Labute approximate surface area is 126 Å². The molecule has 0 saturated carbocycles. The van der Waals surface area contributed by atoms with Crippen molar-refractivity contribution in [1.82, 2.24) is 4.98 Å². The Morgan fingerprint density at radius 1 is 1.10 bits per heavy atom. The number of hydrogen-bond donors (Lipinski definition) is 2. The fraction of sp³-hybridized carbons (Fsp3) is 0. The van der Waals surface area contributed by atoms with Crippen LogP contribution >= 0.6 is 11.6 Å². The normalized spacial score (nSPS) is 15.5. The second-order valence-corrected chi connectivity index (χ2v) is 5.43. The highest BCUT2D eigenvalue weighted by molar-refractivity contribution is 6.36. The molecule has 1 aliphatic heterocycles. The van der Waals surface area contributed by atoms with Crippen LogP contribution in [0.4, 0.5) is 5.69 Å². The van der Waals surface area contributed by atoms with Crippen LogP contribution in [0.2, 0.25) is 5.02 Å². The molecule has 1 amide bonds. The van der Waals surface area contributed by atoms with Crippen LogP contribution in [0.25, 0.3) is 22.6 Å². The van der Waals surface area contributed by atoms with E-state index in [0.29, 0.717) is 10.6 Å². The molecule has 21 heavy (non-hydrogen) atoms. The van der Waals surface area contributed by atoms with Gasteiger partial charge in [0, 0.05) is 38.8 Å². The van der Waals surface area contributed by atoms with Crippen LogP contribution in [0.15, 0.2) is 48.7 Å². The molecule has 1 aliphatic rings. The van der Waals surface area contributed by atoms with E-state index >= 15 is 0 Å². The number of rotatable bonds is 1. The molecule has 0 unspecified atom stereocenters. The molecule has 0 bridgehead atoms. The van der Waals surface area contributed by atoms with Crippen LogP contribution in [0.5, 0.6) is 0 Å². The molecule has 2 heterocycles. The SMILES string of the molecule is O=C1Nc2cc(Cl)ccc2/C1=C\c1c[nH]c2ccccc12. The van der Waals surface area contributed by atoms with Crippen LogP contribution in [-0.4, -0.2) is 10.9 Å². The number of carbonyl (C=O) groups is 1. The first-order valence-corrected chi connectivity index (χ1v) is 6.99. The molecule has 3 aromatic rings. The van der Waals surface area contributed by atoms with Gasteiger partial charge in [-0.3, -0.25) is 4.79 Å². The number of carbonyl (C=O) groups excluding carboxylic acids is 1. The monoisotopic (exact) mass is 294 g/mol. The van der Waals surface area contributed by atoms with Crippen LogP contribution in [-0.2, 0) is 4.79 Å². The van der Waals surface area contributed by atoms with Crippen molar-refractivity contribution in [2.45, 2.75) is 0 Å². The molecule has 2 aromatic carbocycles. The number of fused-ring (bicyclic) bond motifs is 2. The van der Waals surface area contributed by atoms with Gasteiger partial charge in [-0.05, 0) is 24.3 Å². The quantitative estimate of drug-likeness (QED) is 0.645. The Morgan fingerprint density at radius 2 is 1.95 bits per heavy atom. The van der Waals surface area contributed by atoms with Crippen molar-refractivity contribution in [3.63, 3.8) is 0 Å². The number of H-pyrrole nitrogens is 1. The zero-order valence-electron chi connectivity index (χ0n) is 11.0. The smallest absolute Gasteiger partial charge is 0.256 e. The summed E-state index contributed by atoms with van der Waals surface area (Å²) in [6.07, 6.45) is 3.83. The summed E-state index contributed by atoms with van der Waals surface area (Å²) in [5.74, 6) is -0.0995. The summed E-state index contributed by atoms with van der Waals surface area (Å²) in [6.45, 7) is 0. The van der Waals surface area contributed by atoms with E-state index in [0.717, 1.165) is 27.7 Å². The summed E-state index contributed by atoms with van der Waals surface area (Å²) in [5.41, 5.74) is 4.36. The lowest BCUT2D eigenvalue weighted by Gasteiger charge is -1.98. The number of anilines is 1. The minimum atomic E-state index is -0.0995. The average molecular weight is 295 g/mol. The van der Waals surface area contributed by atoms with E-state index in [-0.39, 0.29) is 5.91 Å². The maximum absolute atomic E-state index is 12.2. The van der Waals surface area contributed by atoms with Crippen LogP contribution in [0, 0.1) is 0 Å². The van der Waals surface area contributed by atoms with Gasteiger partial charge in [0.05, 0.1) is 5.69 Å². The van der Waals surface area contributed by atoms with Gasteiger partial charge in [0.2, 0.25) is 0 Å². The predicted molar refractivity (Wildman–Crippen MR) is 86.3 cm³/mol. The Kier molecular flexibility index (Phi) is 2.62. The van der Waals surface area contributed by atoms with E-state index in [1.807, 2.05) is 42.6 Å². The fourth-order valence-electron chi connectivity index (χ4n) is 2.68. The summed E-state index contributed by atoms with van der Waals surface area (Å²) in [6, 6.07) is 13.5. The molecular formula is C17H11ClN2O. The van der Waals surface area contributed by atoms with Gasteiger partial charge in [-0.15, -0.1) is 0 Å². The van der Waals surface area contributed by atoms with E-state index in [1.54, 1.807) is 12.1 Å². The molecule has 0 saturated heterocycles. The van der Waals surface area contributed by atoms with E-state index in [1.165, 1.54) is 0 Å². The number of aromatic amines is 1. The lowest BCUT2D eigenvalue weighted by molar-refractivity contribution is -0.110. The zero-order chi connectivity index (χ0) is 14.4. The number of aromatic nitrogens is 1. The third-order valence-electron chi connectivity index (χ3n) is 3.69. The zero-order valence-corrected chi connectivity index (χ0v) is 11.7. The van der Waals surface area contributed by atoms with Crippen molar-refractivity contribution in [3.8, 4) is 0 Å². The van der Waals surface area contributed by atoms with E-state index < -0.39 is 0 Å². The minimum absolute atomic E-state index is 0.0995. The molecule has 1 aromatic heterocycles. The van der Waals surface area contributed by atoms with Crippen LogP contribution < -0.4 is 5.32 Å². The summed E-state index contributed by atoms with van der Waals surface area (Å²) in [7, 11) is 0. The van der Waals surface area contributed by atoms with Crippen molar-refractivity contribution < 1.29 is 4.79 Å². The molecule has 3 nitrogen and oxygen atoms in total. The highest BCUT2D eigenvalue weighted by Crippen LogP contribution is 2.35. The van der Waals surface area contributed by atoms with Crippen molar-refractivity contribution in [3.05, 3.63) is 64.8 Å². The lowest BCUT2D eigenvalue weighted by Crippen LogP contribution is -2.03. The van der Waals surface area contributed by atoms with Crippen molar-refractivity contribution in [2.75, 3.05) is 5.32 Å². The molecule has 4 heteroatoms. The largest absolute Gasteiger partial charge is 0.361 e. The van der Waals surface area contributed by atoms with Crippen molar-refractivity contribution >= 4 is 45.7 Å². The second kappa shape index (κ2) is 4.50. The molecule has 4 rings (SSSR count). The molecule has 0 spiro atoms. The van der Waals surface area contributed by atoms with Gasteiger partial charge >= 0.3 is 0 Å². The Morgan fingerprint density at radius 3 is 2.86 bits per heavy atom. The molecule has 0 radical (unpaired) electrons. The Bertz CT molecular complexity index is 908. The highest BCUT2D eigenvalue weighted by atomic mass is 35.5. The van der Waals surface area contributed by atoms with Crippen molar-refractivity contribution in [2.24, 2.45) is 0 Å². The van der Waals surface area contributed by atoms with Gasteiger partial charge < -0.3 is 10.3 Å². The molecular weight excluding hydrogens is 284 g/mol. The minimum Gasteiger partial charge on any atom is -0.361 e. The Balaban J connectivity index is 1.89. The first kappa shape index (κ1) is 12.2. The summed E-state index contributed by atoms with van der Waals surface area (Å²) in [5, 5.41) is 4.56. The second-order valence-electron chi connectivity index (χ2n) is 4.99. The number of halogens is 1. The third kappa shape index (κ3) is 1.94. The number of para-hydroxylation sites is 1. The number of hydrogen-bond acceptors (Lipinski definition) is 1. The number of benzene rings is 2. The Hall–Kier alpha value is -2.52. The molecule has 0 fully saturated rings. The number of nitrogens with one attached hydrogen (secondary N) is 2. The van der Waals surface area contributed by atoms with E-state index in [9.17, 15) is 4.79 Å². The molecule has 2 N–H and O–H groups in total. The third-order valence-corrected chi connectivity index (χ3v) is 3.92. The number of amides is 1. The highest BCUT2D eigenvalue weighted by Gasteiger charge is 2.24. The first-order chi connectivity index (χ1) is 10.2. The molecule has 0 aliphatic carbocycles. The maximum Gasteiger partial charge on any atom is 0.256 e. The molecule has 0 atom stereocenters. The fourth-order valence-corrected chi connectivity index (χ4v) is 2.85.